The second-order valence-corrected chi connectivity index (χ2v) is 8.79. The van der Waals surface area contributed by atoms with Crippen molar-refractivity contribution in [2.75, 3.05) is 13.6 Å². The zero-order chi connectivity index (χ0) is 22.0. The number of furan rings is 1. The van der Waals surface area contributed by atoms with Crippen molar-refractivity contribution in [1.29, 1.82) is 0 Å². The SMILES string of the molecule is CN(Cc1ccoc1)CC(C)(C)c1nc(-c2ccc(Cl)c(O)c2)cn1-c1ccncc1. The van der Waals surface area contributed by atoms with Gasteiger partial charge >= 0.3 is 0 Å². The Morgan fingerprint density at radius 2 is 1.94 bits per heavy atom. The topological polar surface area (TPSA) is 67.3 Å². The Morgan fingerprint density at radius 3 is 2.61 bits per heavy atom. The highest BCUT2D eigenvalue weighted by molar-refractivity contribution is 6.32. The lowest BCUT2D eigenvalue weighted by molar-refractivity contribution is 0.252. The van der Waals surface area contributed by atoms with Crippen LogP contribution >= 0.6 is 11.6 Å². The lowest BCUT2D eigenvalue weighted by atomic mass is 9.91. The number of halogens is 1. The molecule has 0 amide bonds. The van der Waals surface area contributed by atoms with Crippen LogP contribution in [0.5, 0.6) is 5.75 Å². The van der Waals surface area contributed by atoms with E-state index in [9.17, 15) is 5.11 Å². The molecule has 1 aromatic carbocycles. The minimum absolute atomic E-state index is 0.0401. The summed E-state index contributed by atoms with van der Waals surface area (Å²) in [6.07, 6.45) is 8.99. The van der Waals surface area contributed by atoms with E-state index >= 15 is 0 Å². The molecule has 1 N–H and O–H groups in total. The van der Waals surface area contributed by atoms with Gasteiger partial charge in [-0.3, -0.25) is 4.98 Å². The third-order valence-corrected chi connectivity index (χ3v) is 5.51. The number of benzene rings is 1. The number of imidazole rings is 1. The van der Waals surface area contributed by atoms with Gasteiger partial charge in [0.1, 0.15) is 11.6 Å². The minimum Gasteiger partial charge on any atom is -0.506 e. The summed E-state index contributed by atoms with van der Waals surface area (Å²) in [6, 6.07) is 11.1. The first kappa shape index (κ1) is 21.2. The van der Waals surface area contributed by atoms with E-state index in [1.165, 1.54) is 0 Å². The van der Waals surface area contributed by atoms with Crippen molar-refractivity contribution < 1.29 is 9.52 Å². The Morgan fingerprint density at radius 1 is 1.16 bits per heavy atom. The summed E-state index contributed by atoms with van der Waals surface area (Å²) in [4.78, 5) is 11.4. The third kappa shape index (κ3) is 4.65. The molecule has 0 fully saturated rings. The van der Waals surface area contributed by atoms with Gasteiger partial charge < -0.3 is 19.0 Å². The van der Waals surface area contributed by atoms with Crippen LogP contribution in [-0.4, -0.2) is 38.1 Å². The molecule has 0 aliphatic rings. The van der Waals surface area contributed by atoms with Gasteiger partial charge in [0.2, 0.25) is 0 Å². The number of phenols is 1. The Balaban J connectivity index is 1.72. The fourth-order valence-corrected chi connectivity index (χ4v) is 3.98. The van der Waals surface area contributed by atoms with Gasteiger partial charge in [0.05, 0.1) is 23.2 Å². The summed E-state index contributed by atoms with van der Waals surface area (Å²) in [5.74, 6) is 0.959. The van der Waals surface area contributed by atoms with Crippen LogP contribution in [0.25, 0.3) is 16.9 Å². The first-order valence-corrected chi connectivity index (χ1v) is 10.4. The van der Waals surface area contributed by atoms with Gasteiger partial charge in [-0.1, -0.05) is 31.5 Å². The van der Waals surface area contributed by atoms with Crippen LogP contribution in [-0.2, 0) is 12.0 Å². The van der Waals surface area contributed by atoms with E-state index in [1.54, 1.807) is 37.1 Å². The number of hydrogen-bond donors (Lipinski definition) is 1. The maximum absolute atomic E-state index is 10.1. The highest BCUT2D eigenvalue weighted by Gasteiger charge is 2.29. The van der Waals surface area contributed by atoms with Crippen molar-refractivity contribution in [2.45, 2.75) is 25.8 Å². The largest absolute Gasteiger partial charge is 0.506 e. The number of phenolic OH excluding ortho intramolecular Hbond substituents is 1. The smallest absolute Gasteiger partial charge is 0.134 e. The van der Waals surface area contributed by atoms with Crippen molar-refractivity contribution in [3.05, 3.63) is 83.9 Å². The van der Waals surface area contributed by atoms with Gasteiger partial charge in [0, 0.05) is 53.9 Å². The molecule has 0 unspecified atom stereocenters. The summed E-state index contributed by atoms with van der Waals surface area (Å²) >= 11 is 5.99. The molecule has 0 aliphatic carbocycles. The Bertz CT molecular complexity index is 1150. The van der Waals surface area contributed by atoms with E-state index in [-0.39, 0.29) is 11.2 Å². The van der Waals surface area contributed by atoms with Gasteiger partial charge in [-0.05, 0) is 37.4 Å². The molecule has 0 bridgehead atoms. The monoisotopic (exact) mass is 436 g/mol. The molecule has 0 radical (unpaired) electrons. The zero-order valence-electron chi connectivity index (χ0n) is 17.8. The molecule has 160 valence electrons. The van der Waals surface area contributed by atoms with Crippen LogP contribution in [0.1, 0.15) is 25.2 Å². The van der Waals surface area contributed by atoms with E-state index in [1.807, 2.05) is 30.5 Å². The molecule has 0 saturated heterocycles. The molecule has 31 heavy (non-hydrogen) atoms. The molecule has 0 spiro atoms. The predicted molar refractivity (Wildman–Crippen MR) is 122 cm³/mol. The lowest BCUT2D eigenvalue weighted by Gasteiger charge is -2.30. The number of nitrogens with zero attached hydrogens (tertiary/aromatic N) is 4. The maximum atomic E-state index is 10.1. The molecule has 0 aliphatic heterocycles. The number of aromatic hydroxyl groups is 1. The van der Waals surface area contributed by atoms with Crippen molar-refractivity contribution >= 4 is 11.6 Å². The van der Waals surface area contributed by atoms with Crippen molar-refractivity contribution in [3.63, 3.8) is 0 Å². The van der Waals surface area contributed by atoms with Gasteiger partial charge in [0.15, 0.2) is 0 Å². The summed E-state index contributed by atoms with van der Waals surface area (Å²) < 4.78 is 7.29. The summed E-state index contributed by atoms with van der Waals surface area (Å²) in [6.45, 7) is 5.93. The first-order valence-electron chi connectivity index (χ1n) is 10.0. The molecule has 0 saturated carbocycles. The third-order valence-electron chi connectivity index (χ3n) is 5.19. The molecule has 6 nitrogen and oxygen atoms in total. The van der Waals surface area contributed by atoms with Crippen LogP contribution in [0.3, 0.4) is 0 Å². The normalized spacial score (nSPS) is 11.9. The number of pyridine rings is 1. The number of likely N-dealkylation sites (N-methyl/N-ethyl adjacent to an activating group) is 1. The van der Waals surface area contributed by atoms with E-state index in [0.29, 0.717) is 5.02 Å². The first-order chi connectivity index (χ1) is 14.8. The standard InChI is InChI=1S/C24H25ClN4O2/c1-24(2,16-28(3)13-17-8-11-31-15-17)23-27-21(18-4-5-20(25)22(30)12-18)14-29(23)19-6-9-26-10-7-19/h4-12,14-15,30H,13,16H2,1-3H3. The average Bonchev–Trinajstić information content (AvgIpc) is 3.40. The quantitative estimate of drug-likeness (QED) is 0.426. The minimum atomic E-state index is -0.269. The van der Waals surface area contributed by atoms with Crippen molar-refractivity contribution in [3.8, 4) is 22.7 Å². The van der Waals surface area contributed by atoms with E-state index in [0.717, 1.165) is 41.4 Å². The predicted octanol–water partition coefficient (Wildman–Crippen LogP) is 5.30. The van der Waals surface area contributed by atoms with Gasteiger partial charge in [0.25, 0.3) is 0 Å². The average molecular weight is 437 g/mol. The lowest BCUT2D eigenvalue weighted by Crippen LogP contribution is -2.36. The fraction of sp³-hybridized carbons (Fsp3) is 0.250. The van der Waals surface area contributed by atoms with Crippen LogP contribution in [0.4, 0.5) is 0 Å². The van der Waals surface area contributed by atoms with Crippen LogP contribution in [0.15, 0.2) is 71.9 Å². The highest BCUT2D eigenvalue weighted by Crippen LogP contribution is 2.33. The summed E-state index contributed by atoms with van der Waals surface area (Å²) in [7, 11) is 2.09. The van der Waals surface area contributed by atoms with Crippen molar-refractivity contribution in [1.82, 2.24) is 19.4 Å². The Kier molecular flexibility index (Phi) is 5.85. The fourth-order valence-electron chi connectivity index (χ4n) is 3.87. The number of aromatic nitrogens is 3. The second kappa shape index (κ2) is 8.57. The number of rotatable bonds is 7. The Labute approximate surface area is 186 Å². The van der Waals surface area contributed by atoms with Gasteiger partial charge in [-0.15, -0.1) is 0 Å². The summed E-state index contributed by atoms with van der Waals surface area (Å²) in [5.41, 5.74) is 3.41. The summed E-state index contributed by atoms with van der Waals surface area (Å²) in [5, 5.41) is 10.4. The molecule has 4 aromatic rings. The van der Waals surface area contributed by atoms with Crippen molar-refractivity contribution in [2.24, 2.45) is 0 Å². The molecule has 7 heteroatoms. The highest BCUT2D eigenvalue weighted by atomic mass is 35.5. The molecule has 3 aromatic heterocycles. The van der Waals surface area contributed by atoms with Crippen LogP contribution in [0.2, 0.25) is 5.02 Å². The molecule has 0 atom stereocenters. The van der Waals surface area contributed by atoms with E-state index in [2.05, 4.69) is 35.3 Å². The molecule has 3 heterocycles. The van der Waals surface area contributed by atoms with E-state index in [4.69, 9.17) is 21.0 Å². The van der Waals surface area contributed by atoms with E-state index < -0.39 is 0 Å². The Hall–Kier alpha value is -3.09. The zero-order valence-corrected chi connectivity index (χ0v) is 18.5. The molecule has 4 rings (SSSR count). The van der Waals surface area contributed by atoms with Gasteiger partial charge in [-0.25, -0.2) is 4.98 Å². The maximum Gasteiger partial charge on any atom is 0.134 e. The van der Waals surface area contributed by atoms with Gasteiger partial charge in [-0.2, -0.15) is 0 Å². The van der Waals surface area contributed by atoms with Crippen LogP contribution < -0.4 is 0 Å². The second-order valence-electron chi connectivity index (χ2n) is 8.38. The number of hydrogen-bond acceptors (Lipinski definition) is 5. The molecular weight excluding hydrogens is 412 g/mol. The molecular formula is C24H25ClN4O2. The van der Waals surface area contributed by atoms with Crippen LogP contribution in [0, 0.1) is 0 Å².